The zero-order chi connectivity index (χ0) is 15.2. The van der Waals surface area contributed by atoms with Gasteiger partial charge in [-0.05, 0) is 37.5 Å². The Labute approximate surface area is 127 Å². The van der Waals surface area contributed by atoms with Crippen molar-refractivity contribution in [3.8, 4) is 5.75 Å². The van der Waals surface area contributed by atoms with Gasteiger partial charge in [0.1, 0.15) is 5.75 Å². The molecule has 0 spiro atoms. The second-order valence-electron chi connectivity index (χ2n) is 5.77. The maximum Gasteiger partial charge on any atom is 0.130 e. The van der Waals surface area contributed by atoms with Crippen LogP contribution in [-0.2, 0) is 0 Å². The third-order valence-electron chi connectivity index (χ3n) is 3.94. The molecule has 0 aliphatic carbocycles. The number of anilines is 1. The van der Waals surface area contributed by atoms with Gasteiger partial charge in [0.25, 0.3) is 0 Å². The van der Waals surface area contributed by atoms with E-state index in [-0.39, 0.29) is 0 Å². The average Bonchev–Trinajstić information content (AvgIpc) is 2.48. The number of rotatable bonds is 7. The number of ether oxygens (including phenoxy) is 1. The van der Waals surface area contributed by atoms with Gasteiger partial charge in [0.05, 0.1) is 12.1 Å². The monoisotopic (exact) mass is 286 g/mol. The quantitative estimate of drug-likeness (QED) is 0.749. The van der Waals surface area contributed by atoms with Crippen LogP contribution in [0.5, 0.6) is 5.75 Å². The molecule has 0 saturated heterocycles. The van der Waals surface area contributed by atoms with Gasteiger partial charge in [-0.25, -0.2) is 0 Å². The van der Waals surface area contributed by atoms with E-state index in [9.17, 15) is 0 Å². The van der Waals surface area contributed by atoms with Gasteiger partial charge in [0.15, 0.2) is 0 Å². The summed E-state index contributed by atoms with van der Waals surface area (Å²) in [6.45, 7) is 7.23. The number of nitrogens with two attached hydrogens (primary N) is 1. The van der Waals surface area contributed by atoms with Crippen LogP contribution in [0.3, 0.4) is 0 Å². The van der Waals surface area contributed by atoms with Gasteiger partial charge in [-0.1, -0.05) is 33.1 Å². The predicted molar refractivity (Wildman–Crippen MR) is 89.7 cm³/mol. The number of aromatic nitrogens is 1. The van der Waals surface area contributed by atoms with Crippen molar-refractivity contribution in [1.82, 2.24) is 4.98 Å². The minimum atomic E-state index is 0.620. The maximum absolute atomic E-state index is 6.11. The third kappa shape index (κ3) is 4.10. The summed E-state index contributed by atoms with van der Waals surface area (Å²) in [6.07, 6.45) is 4.90. The standard InChI is InChI=1S/C18H26N2O/c1-4-6-7-14(5-2)12-21-18-10-13(3)20-17-9-8-15(19)11-16(17)18/h8-11,14H,4-7,12,19H2,1-3H3. The number of hydrogen-bond donors (Lipinski definition) is 1. The van der Waals surface area contributed by atoms with Crippen LogP contribution in [0.4, 0.5) is 5.69 Å². The first-order valence-electron chi connectivity index (χ1n) is 7.93. The van der Waals surface area contributed by atoms with Crippen molar-refractivity contribution in [3.63, 3.8) is 0 Å². The molecule has 2 rings (SSSR count). The number of nitrogens with zero attached hydrogens (tertiary/aromatic N) is 1. The van der Waals surface area contributed by atoms with E-state index in [0.29, 0.717) is 5.92 Å². The zero-order valence-corrected chi connectivity index (χ0v) is 13.4. The molecular weight excluding hydrogens is 260 g/mol. The van der Waals surface area contributed by atoms with Crippen molar-refractivity contribution in [3.05, 3.63) is 30.0 Å². The molecule has 3 heteroatoms. The fraction of sp³-hybridized carbons (Fsp3) is 0.500. The molecule has 114 valence electrons. The van der Waals surface area contributed by atoms with Gasteiger partial charge in [0, 0.05) is 22.8 Å². The number of unbranched alkanes of at least 4 members (excludes halogenated alkanes) is 1. The lowest BCUT2D eigenvalue weighted by Crippen LogP contribution is -2.11. The average molecular weight is 286 g/mol. The minimum absolute atomic E-state index is 0.620. The topological polar surface area (TPSA) is 48.1 Å². The summed E-state index contributed by atoms with van der Waals surface area (Å²) in [5.41, 5.74) is 8.56. The smallest absolute Gasteiger partial charge is 0.130 e. The molecule has 0 saturated carbocycles. The number of aryl methyl sites for hydroxylation is 1. The lowest BCUT2D eigenvalue weighted by Gasteiger charge is -2.17. The summed E-state index contributed by atoms with van der Waals surface area (Å²) in [4.78, 5) is 4.54. The molecule has 0 aliphatic heterocycles. The molecule has 2 aromatic rings. The van der Waals surface area contributed by atoms with Crippen molar-refractivity contribution in [2.24, 2.45) is 5.92 Å². The predicted octanol–water partition coefficient (Wildman–Crippen LogP) is 4.72. The number of pyridine rings is 1. The van der Waals surface area contributed by atoms with Crippen LogP contribution in [0.25, 0.3) is 10.9 Å². The van der Waals surface area contributed by atoms with Crippen LogP contribution < -0.4 is 10.5 Å². The highest BCUT2D eigenvalue weighted by atomic mass is 16.5. The number of fused-ring (bicyclic) bond motifs is 1. The second kappa shape index (κ2) is 7.30. The summed E-state index contributed by atoms with van der Waals surface area (Å²) in [7, 11) is 0. The largest absolute Gasteiger partial charge is 0.493 e. The van der Waals surface area contributed by atoms with Gasteiger partial charge in [-0.15, -0.1) is 0 Å². The number of nitrogen functional groups attached to an aromatic ring is 1. The number of benzene rings is 1. The second-order valence-corrected chi connectivity index (χ2v) is 5.77. The van der Waals surface area contributed by atoms with E-state index in [4.69, 9.17) is 10.5 Å². The van der Waals surface area contributed by atoms with Gasteiger partial charge >= 0.3 is 0 Å². The van der Waals surface area contributed by atoms with Gasteiger partial charge in [-0.3, -0.25) is 4.98 Å². The van der Waals surface area contributed by atoms with Gasteiger partial charge < -0.3 is 10.5 Å². The highest BCUT2D eigenvalue weighted by Crippen LogP contribution is 2.28. The fourth-order valence-electron chi connectivity index (χ4n) is 2.56. The van der Waals surface area contributed by atoms with Gasteiger partial charge in [-0.2, -0.15) is 0 Å². The lowest BCUT2D eigenvalue weighted by atomic mass is 10.0. The first-order chi connectivity index (χ1) is 10.1. The summed E-state index contributed by atoms with van der Waals surface area (Å²) < 4.78 is 6.11. The number of hydrogen-bond acceptors (Lipinski definition) is 3. The molecule has 21 heavy (non-hydrogen) atoms. The molecule has 3 nitrogen and oxygen atoms in total. The molecule has 0 fully saturated rings. The molecule has 1 heterocycles. The van der Waals surface area contributed by atoms with E-state index in [2.05, 4.69) is 18.8 Å². The molecule has 1 unspecified atom stereocenters. The SMILES string of the molecule is CCCCC(CC)COc1cc(C)nc2ccc(N)cc12. The fourth-order valence-corrected chi connectivity index (χ4v) is 2.56. The molecule has 2 N–H and O–H groups in total. The van der Waals surface area contributed by atoms with Crippen molar-refractivity contribution >= 4 is 16.6 Å². The van der Waals surface area contributed by atoms with E-state index in [1.54, 1.807) is 0 Å². The van der Waals surface area contributed by atoms with Gasteiger partial charge in [0.2, 0.25) is 0 Å². The van der Waals surface area contributed by atoms with Crippen molar-refractivity contribution in [2.45, 2.75) is 46.5 Å². The molecule has 0 aliphatic rings. The minimum Gasteiger partial charge on any atom is -0.493 e. The Hall–Kier alpha value is -1.77. The van der Waals surface area contributed by atoms with Crippen molar-refractivity contribution in [1.29, 1.82) is 0 Å². The normalized spacial score (nSPS) is 12.5. The Morgan fingerprint density at radius 3 is 2.76 bits per heavy atom. The van der Waals surface area contributed by atoms with Crippen molar-refractivity contribution < 1.29 is 4.74 Å². The van der Waals surface area contributed by atoms with E-state index in [0.717, 1.165) is 41.1 Å². The highest BCUT2D eigenvalue weighted by molar-refractivity contribution is 5.87. The highest BCUT2D eigenvalue weighted by Gasteiger charge is 2.10. The molecular formula is C18H26N2O. The third-order valence-corrected chi connectivity index (χ3v) is 3.94. The first kappa shape index (κ1) is 15.6. The first-order valence-corrected chi connectivity index (χ1v) is 7.93. The summed E-state index contributed by atoms with van der Waals surface area (Å²) in [5, 5.41) is 1.01. The molecule has 1 atom stereocenters. The summed E-state index contributed by atoms with van der Waals surface area (Å²) in [6, 6.07) is 7.80. The molecule has 0 bridgehead atoms. The Morgan fingerprint density at radius 2 is 2.05 bits per heavy atom. The van der Waals surface area contributed by atoms with Crippen LogP contribution in [-0.4, -0.2) is 11.6 Å². The summed E-state index contributed by atoms with van der Waals surface area (Å²) in [5.74, 6) is 1.52. The van der Waals surface area contributed by atoms with Crippen LogP contribution in [0.1, 0.15) is 45.2 Å². The van der Waals surface area contributed by atoms with Crippen molar-refractivity contribution in [2.75, 3.05) is 12.3 Å². The molecule has 0 amide bonds. The maximum atomic E-state index is 6.11. The van der Waals surface area contributed by atoms with E-state index < -0.39 is 0 Å². The Bertz CT molecular complexity index is 595. The van der Waals surface area contributed by atoms with Crippen LogP contribution in [0.15, 0.2) is 24.3 Å². The Kier molecular flexibility index (Phi) is 5.43. The molecule has 0 radical (unpaired) electrons. The Morgan fingerprint density at radius 1 is 1.24 bits per heavy atom. The molecule has 1 aromatic heterocycles. The molecule has 1 aromatic carbocycles. The zero-order valence-electron chi connectivity index (χ0n) is 13.4. The van der Waals surface area contributed by atoms with Crippen LogP contribution in [0.2, 0.25) is 0 Å². The Balaban J connectivity index is 2.18. The van der Waals surface area contributed by atoms with Crippen LogP contribution in [0, 0.1) is 12.8 Å². The van der Waals surface area contributed by atoms with E-state index in [1.165, 1.54) is 19.3 Å². The van der Waals surface area contributed by atoms with E-state index in [1.807, 2.05) is 31.2 Å². The summed E-state index contributed by atoms with van der Waals surface area (Å²) >= 11 is 0. The van der Waals surface area contributed by atoms with E-state index >= 15 is 0 Å². The lowest BCUT2D eigenvalue weighted by molar-refractivity contribution is 0.235. The van der Waals surface area contributed by atoms with Crippen LogP contribution >= 0.6 is 0 Å².